The lowest BCUT2D eigenvalue weighted by Gasteiger charge is -2.24. The van der Waals surface area contributed by atoms with Gasteiger partial charge in [-0.05, 0) is 43.3 Å². The third kappa shape index (κ3) is 7.58. The zero-order chi connectivity index (χ0) is 15.8. The Hall–Kier alpha value is -0.930. The maximum atomic E-state index is 5.65. The molecule has 2 nitrogen and oxygen atoms in total. The molecule has 118 valence electrons. The summed E-state index contributed by atoms with van der Waals surface area (Å²) in [5.41, 5.74) is 7.93. The molecule has 2 N–H and O–H groups in total. The lowest BCUT2D eigenvalue weighted by molar-refractivity contribution is 0.236. The van der Waals surface area contributed by atoms with Gasteiger partial charge >= 0.3 is 0 Å². The molecule has 0 aliphatic carbocycles. The normalized spacial score (nSPS) is 11.6. The van der Waals surface area contributed by atoms with Gasteiger partial charge in [0.05, 0.1) is 0 Å². The summed E-state index contributed by atoms with van der Waals surface area (Å²) in [5.74, 6) is 1.51. The van der Waals surface area contributed by atoms with Crippen molar-refractivity contribution in [1.82, 2.24) is 4.90 Å². The van der Waals surface area contributed by atoms with E-state index in [1.54, 1.807) is 0 Å². The molecule has 0 unspecified atom stereocenters. The van der Waals surface area contributed by atoms with Crippen LogP contribution in [0.5, 0.6) is 0 Å². The molecule has 0 fully saturated rings. The first-order chi connectivity index (χ1) is 9.88. The van der Waals surface area contributed by atoms with Crippen LogP contribution in [0.15, 0.2) is 24.3 Å². The van der Waals surface area contributed by atoms with Crippen LogP contribution >= 0.6 is 12.2 Å². The van der Waals surface area contributed by atoms with E-state index in [0.717, 1.165) is 23.9 Å². The highest BCUT2D eigenvalue weighted by Crippen LogP contribution is 2.12. The number of hydrogen-bond donors (Lipinski definition) is 1. The monoisotopic (exact) mass is 306 g/mol. The molecule has 0 radical (unpaired) electrons. The van der Waals surface area contributed by atoms with Gasteiger partial charge < -0.3 is 5.73 Å². The summed E-state index contributed by atoms with van der Waals surface area (Å²) in [5, 5.41) is 0. The Morgan fingerprint density at radius 3 is 1.86 bits per heavy atom. The maximum Gasteiger partial charge on any atom is 0.103 e. The minimum absolute atomic E-state index is 0.470. The molecule has 1 rings (SSSR count). The molecule has 21 heavy (non-hydrogen) atoms. The summed E-state index contributed by atoms with van der Waals surface area (Å²) >= 11 is 5.00. The summed E-state index contributed by atoms with van der Waals surface area (Å²) in [6.45, 7) is 12.5. The van der Waals surface area contributed by atoms with Gasteiger partial charge in [0.2, 0.25) is 0 Å². The van der Waals surface area contributed by atoms with Crippen LogP contribution < -0.4 is 5.73 Å². The number of rotatable bonds is 9. The van der Waals surface area contributed by atoms with Crippen LogP contribution in [0.4, 0.5) is 0 Å². The lowest BCUT2D eigenvalue weighted by atomic mass is 10.1. The molecule has 0 saturated carbocycles. The Morgan fingerprint density at radius 2 is 1.48 bits per heavy atom. The summed E-state index contributed by atoms with van der Waals surface area (Å²) in [4.78, 5) is 3.04. The minimum atomic E-state index is 0.470. The van der Waals surface area contributed by atoms with Crippen molar-refractivity contribution in [3.63, 3.8) is 0 Å². The van der Waals surface area contributed by atoms with Gasteiger partial charge in [-0.1, -0.05) is 64.2 Å². The van der Waals surface area contributed by atoms with Gasteiger partial charge in [0.1, 0.15) is 4.99 Å². The van der Waals surface area contributed by atoms with Crippen LogP contribution in [0.2, 0.25) is 0 Å². The van der Waals surface area contributed by atoms with E-state index in [0.29, 0.717) is 4.99 Å². The molecule has 1 aromatic rings. The highest BCUT2D eigenvalue weighted by molar-refractivity contribution is 7.80. The van der Waals surface area contributed by atoms with Crippen molar-refractivity contribution < 1.29 is 0 Å². The van der Waals surface area contributed by atoms with E-state index >= 15 is 0 Å². The number of nitrogens with two attached hydrogens (primary N) is 1. The van der Waals surface area contributed by atoms with Gasteiger partial charge in [-0.2, -0.15) is 0 Å². The zero-order valence-corrected chi connectivity index (χ0v) is 14.7. The second kappa shape index (κ2) is 9.16. The van der Waals surface area contributed by atoms with Crippen LogP contribution in [0.25, 0.3) is 0 Å². The second-order valence-corrected chi connectivity index (χ2v) is 7.14. The Kier molecular flexibility index (Phi) is 7.91. The predicted octanol–water partition coefficient (Wildman–Crippen LogP) is 4.22. The minimum Gasteiger partial charge on any atom is -0.389 e. The fourth-order valence-corrected chi connectivity index (χ4v) is 2.32. The van der Waals surface area contributed by atoms with E-state index in [1.165, 1.54) is 31.5 Å². The van der Waals surface area contributed by atoms with E-state index < -0.39 is 0 Å². The predicted molar refractivity (Wildman–Crippen MR) is 96.5 cm³/mol. The molecule has 3 heteroatoms. The fourth-order valence-electron chi connectivity index (χ4n) is 2.18. The smallest absolute Gasteiger partial charge is 0.103 e. The first-order valence-corrected chi connectivity index (χ1v) is 8.40. The Balaban J connectivity index is 2.62. The second-order valence-electron chi connectivity index (χ2n) is 6.70. The number of benzene rings is 1. The molecular weight excluding hydrogens is 276 g/mol. The lowest BCUT2D eigenvalue weighted by Crippen LogP contribution is -2.27. The maximum absolute atomic E-state index is 5.65. The molecule has 0 atom stereocenters. The van der Waals surface area contributed by atoms with E-state index in [9.17, 15) is 0 Å². The largest absolute Gasteiger partial charge is 0.389 e. The highest BCUT2D eigenvalue weighted by Gasteiger charge is 2.08. The summed E-state index contributed by atoms with van der Waals surface area (Å²) < 4.78 is 0. The number of hydrogen-bond acceptors (Lipinski definition) is 2. The van der Waals surface area contributed by atoms with E-state index in [4.69, 9.17) is 18.0 Å². The molecule has 0 saturated heterocycles. The molecule has 0 bridgehead atoms. The Morgan fingerprint density at radius 1 is 1.00 bits per heavy atom. The van der Waals surface area contributed by atoms with E-state index in [-0.39, 0.29) is 0 Å². The van der Waals surface area contributed by atoms with E-state index in [1.807, 2.05) is 12.1 Å². The third-order valence-electron chi connectivity index (χ3n) is 3.69. The van der Waals surface area contributed by atoms with Crippen LogP contribution in [0.3, 0.4) is 0 Å². The first-order valence-electron chi connectivity index (χ1n) is 7.99. The molecular formula is C18H30N2S. The summed E-state index contributed by atoms with van der Waals surface area (Å²) in [6, 6.07) is 8.35. The summed E-state index contributed by atoms with van der Waals surface area (Å²) in [6.07, 6.45) is 2.51. The SMILES string of the molecule is CC(C)CCN(CCC(C)C)Cc1ccc(C(N)=S)cc1. The average molecular weight is 307 g/mol. The molecule has 0 aliphatic rings. The molecule has 0 spiro atoms. The van der Waals surface area contributed by atoms with Crippen molar-refractivity contribution in [2.75, 3.05) is 13.1 Å². The molecule has 1 aromatic carbocycles. The van der Waals surface area contributed by atoms with Crippen LogP contribution in [-0.4, -0.2) is 23.0 Å². The van der Waals surface area contributed by atoms with E-state index in [2.05, 4.69) is 44.7 Å². The Labute approximate surface area is 135 Å². The van der Waals surface area contributed by atoms with Gasteiger partial charge in [-0.3, -0.25) is 4.90 Å². The standard InChI is InChI=1S/C18H30N2S/c1-14(2)9-11-20(12-10-15(3)4)13-16-5-7-17(8-6-16)18(19)21/h5-8,14-15H,9-13H2,1-4H3,(H2,19,21). The van der Waals surface area contributed by atoms with Gasteiger partial charge in [-0.25, -0.2) is 0 Å². The van der Waals surface area contributed by atoms with Crippen molar-refractivity contribution in [2.24, 2.45) is 17.6 Å². The van der Waals surface area contributed by atoms with Crippen molar-refractivity contribution in [2.45, 2.75) is 47.1 Å². The topological polar surface area (TPSA) is 29.3 Å². The molecule has 0 heterocycles. The molecule has 0 amide bonds. The quantitative estimate of drug-likeness (QED) is 0.693. The van der Waals surface area contributed by atoms with Crippen molar-refractivity contribution >= 4 is 17.2 Å². The first kappa shape index (κ1) is 18.1. The third-order valence-corrected chi connectivity index (χ3v) is 3.93. The van der Waals surface area contributed by atoms with Crippen LogP contribution in [0.1, 0.15) is 51.7 Å². The highest BCUT2D eigenvalue weighted by atomic mass is 32.1. The zero-order valence-electron chi connectivity index (χ0n) is 13.9. The summed E-state index contributed by atoms with van der Waals surface area (Å²) in [7, 11) is 0. The van der Waals surface area contributed by atoms with Crippen LogP contribution in [0, 0.1) is 11.8 Å². The van der Waals surface area contributed by atoms with Gasteiger partial charge in [0.25, 0.3) is 0 Å². The van der Waals surface area contributed by atoms with Gasteiger partial charge in [0.15, 0.2) is 0 Å². The molecule has 0 aromatic heterocycles. The average Bonchev–Trinajstić information content (AvgIpc) is 2.42. The van der Waals surface area contributed by atoms with Crippen LogP contribution in [-0.2, 0) is 6.54 Å². The van der Waals surface area contributed by atoms with Crippen molar-refractivity contribution in [3.8, 4) is 0 Å². The number of thiocarbonyl (C=S) groups is 1. The van der Waals surface area contributed by atoms with Gasteiger partial charge in [-0.15, -0.1) is 0 Å². The van der Waals surface area contributed by atoms with Crippen molar-refractivity contribution in [3.05, 3.63) is 35.4 Å². The van der Waals surface area contributed by atoms with Gasteiger partial charge in [0, 0.05) is 12.1 Å². The fraction of sp³-hybridized carbons (Fsp3) is 0.611. The molecule has 0 aliphatic heterocycles. The number of nitrogens with zero attached hydrogens (tertiary/aromatic N) is 1. The van der Waals surface area contributed by atoms with Crippen molar-refractivity contribution in [1.29, 1.82) is 0 Å². The Bertz CT molecular complexity index is 411.